The molecule has 0 aromatic heterocycles. The van der Waals surface area contributed by atoms with Crippen molar-refractivity contribution < 1.29 is 23.5 Å². The van der Waals surface area contributed by atoms with Gasteiger partial charge in [-0.3, -0.25) is 14.5 Å². The third-order valence-electron chi connectivity index (χ3n) is 3.99. The quantitative estimate of drug-likeness (QED) is 0.399. The predicted octanol–water partition coefficient (Wildman–Crippen LogP) is 5.07. The number of thioether (sulfide) groups is 1. The second kappa shape index (κ2) is 8.95. The van der Waals surface area contributed by atoms with Crippen LogP contribution in [0.1, 0.15) is 18.1 Å². The Kier molecular flexibility index (Phi) is 6.61. The Labute approximate surface area is 180 Å². The second-order valence-corrected chi connectivity index (χ2v) is 7.98. The van der Waals surface area contributed by atoms with Crippen molar-refractivity contribution >= 4 is 51.6 Å². The number of nitrogens with zero attached hydrogens (tertiary/aromatic N) is 1. The van der Waals surface area contributed by atoms with Crippen LogP contribution >= 0.6 is 34.4 Å². The lowest BCUT2D eigenvalue weighted by Crippen LogP contribution is -2.27. The number of carbonyl (C=O) groups is 2. The van der Waals surface area contributed by atoms with E-state index < -0.39 is 17.0 Å². The van der Waals surface area contributed by atoms with Crippen LogP contribution in [0.3, 0.4) is 0 Å². The molecule has 8 heteroatoms. The number of methoxy groups -OCH3 is 1. The van der Waals surface area contributed by atoms with Crippen molar-refractivity contribution in [2.45, 2.75) is 13.5 Å². The zero-order chi connectivity index (χ0) is 20.3. The first-order valence-corrected chi connectivity index (χ1v) is 10.3. The number of hydrogen-bond donors (Lipinski definition) is 0. The minimum Gasteiger partial charge on any atom is -0.492 e. The third kappa shape index (κ3) is 4.33. The van der Waals surface area contributed by atoms with Crippen LogP contribution < -0.4 is 9.47 Å². The number of benzene rings is 2. The summed E-state index contributed by atoms with van der Waals surface area (Å²) in [7, 11) is 1.56. The fraction of sp³-hybridized carbons (Fsp3) is 0.200. The highest BCUT2D eigenvalue weighted by atomic mass is 127. The summed E-state index contributed by atoms with van der Waals surface area (Å²) in [6.07, 6.45) is 1.64. The molecule has 1 saturated heterocycles. The molecule has 0 N–H and O–H groups in total. The zero-order valence-corrected chi connectivity index (χ0v) is 18.2. The topological polar surface area (TPSA) is 55.8 Å². The fourth-order valence-electron chi connectivity index (χ4n) is 2.72. The molecule has 5 nitrogen and oxygen atoms in total. The molecule has 1 fully saturated rings. The summed E-state index contributed by atoms with van der Waals surface area (Å²) in [5, 5.41) is -0.423. The Morgan fingerprint density at radius 3 is 2.68 bits per heavy atom. The van der Waals surface area contributed by atoms with E-state index in [1.807, 2.05) is 13.0 Å². The van der Waals surface area contributed by atoms with Gasteiger partial charge >= 0.3 is 0 Å². The van der Waals surface area contributed by atoms with Gasteiger partial charge in [0.25, 0.3) is 11.1 Å². The number of imide groups is 1. The van der Waals surface area contributed by atoms with Crippen molar-refractivity contribution in [1.29, 1.82) is 0 Å². The molecule has 0 radical (unpaired) electrons. The van der Waals surface area contributed by atoms with Crippen LogP contribution in [0.5, 0.6) is 11.5 Å². The van der Waals surface area contributed by atoms with E-state index in [0.717, 1.165) is 20.2 Å². The molecular weight excluding hydrogens is 496 g/mol. The number of halogens is 2. The van der Waals surface area contributed by atoms with Gasteiger partial charge in [-0.25, -0.2) is 4.39 Å². The van der Waals surface area contributed by atoms with Gasteiger partial charge in [-0.05, 0) is 71.1 Å². The standard InChI is InChI=1S/C20H17FINO4S/c1-3-27-16-9-12(8-15(22)18(16)26-2)10-17-19(24)23(20(25)28-17)11-13-6-4-5-7-14(13)21/h4-10H,3,11H2,1-2H3/b17-10+. The Hall–Kier alpha value is -2.07. The maximum Gasteiger partial charge on any atom is 0.293 e. The molecule has 2 amide bonds. The molecular formula is C20H17FINO4S. The highest BCUT2D eigenvalue weighted by Gasteiger charge is 2.35. The number of carbonyl (C=O) groups excluding carboxylic acids is 2. The predicted molar refractivity (Wildman–Crippen MR) is 115 cm³/mol. The molecule has 0 bridgehead atoms. The van der Waals surface area contributed by atoms with Crippen molar-refractivity contribution in [3.63, 3.8) is 0 Å². The number of rotatable bonds is 6. The first-order chi connectivity index (χ1) is 13.4. The van der Waals surface area contributed by atoms with Gasteiger partial charge in [0.1, 0.15) is 5.82 Å². The summed E-state index contributed by atoms with van der Waals surface area (Å²) < 4.78 is 25.7. The van der Waals surface area contributed by atoms with Crippen LogP contribution in [0, 0.1) is 9.39 Å². The molecule has 28 heavy (non-hydrogen) atoms. The maximum atomic E-state index is 13.9. The summed E-state index contributed by atoms with van der Waals surface area (Å²) in [5.41, 5.74) is 1.01. The van der Waals surface area contributed by atoms with E-state index in [1.54, 1.807) is 37.5 Å². The minimum absolute atomic E-state index is 0.0982. The van der Waals surface area contributed by atoms with Gasteiger partial charge in [0.15, 0.2) is 11.5 Å². The van der Waals surface area contributed by atoms with E-state index >= 15 is 0 Å². The van der Waals surface area contributed by atoms with Crippen LogP contribution in [0.4, 0.5) is 9.18 Å². The summed E-state index contributed by atoms with van der Waals surface area (Å²) in [6, 6.07) is 9.69. The van der Waals surface area contributed by atoms with Crippen LogP contribution in [0.15, 0.2) is 41.3 Å². The lowest BCUT2D eigenvalue weighted by Gasteiger charge is -2.13. The number of amides is 2. The van der Waals surface area contributed by atoms with Crippen molar-refractivity contribution in [1.82, 2.24) is 4.90 Å². The fourth-order valence-corrected chi connectivity index (χ4v) is 4.40. The lowest BCUT2D eigenvalue weighted by molar-refractivity contribution is -0.123. The van der Waals surface area contributed by atoms with E-state index in [9.17, 15) is 14.0 Å². The third-order valence-corrected chi connectivity index (χ3v) is 5.70. The van der Waals surface area contributed by atoms with Crippen LogP contribution in [0.25, 0.3) is 6.08 Å². The Morgan fingerprint density at radius 1 is 1.25 bits per heavy atom. The molecule has 0 spiro atoms. The molecule has 0 unspecified atom stereocenters. The second-order valence-electron chi connectivity index (χ2n) is 5.83. The van der Waals surface area contributed by atoms with Gasteiger partial charge in [0, 0.05) is 5.56 Å². The van der Waals surface area contributed by atoms with Crippen LogP contribution in [0.2, 0.25) is 0 Å². The van der Waals surface area contributed by atoms with E-state index in [-0.39, 0.29) is 11.4 Å². The number of hydrogen-bond acceptors (Lipinski definition) is 5. The average molecular weight is 513 g/mol. The number of ether oxygens (including phenoxy) is 2. The summed E-state index contributed by atoms with van der Waals surface area (Å²) in [5.74, 6) is 0.291. The molecule has 2 aromatic carbocycles. The lowest BCUT2D eigenvalue weighted by atomic mass is 10.1. The van der Waals surface area contributed by atoms with Crippen molar-refractivity contribution in [2.24, 2.45) is 0 Å². The molecule has 0 atom stereocenters. The van der Waals surface area contributed by atoms with Gasteiger partial charge in [0.2, 0.25) is 0 Å². The van der Waals surface area contributed by atoms with Gasteiger partial charge in [-0.1, -0.05) is 18.2 Å². The normalized spacial score (nSPS) is 15.4. The summed E-state index contributed by atoms with van der Waals surface area (Å²) in [6.45, 7) is 2.24. The van der Waals surface area contributed by atoms with E-state index in [2.05, 4.69) is 22.6 Å². The van der Waals surface area contributed by atoms with Gasteiger partial charge < -0.3 is 9.47 Å². The largest absolute Gasteiger partial charge is 0.492 e. The monoisotopic (exact) mass is 513 g/mol. The molecule has 146 valence electrons. The molecule has 0 saturated carbocycles. The summed E-state index contributed by atoms with van der Waals surface area (Å²) in [4.78, 5) is 26.3. The van der Waals surface area contributed by atoms with Crippen LogP contribution in [-0.4, -0.2) is 29.8 Å². The van der Waals surface area contributed by atoms with Gasteiger partial charge in [0.05, 0.1) is 28.7 Å². The molecule has 1 aliphatic heterocycles. The van der Waals surface area contributed by atoms with Crippen LogP contribution in [-0.2, 0) is 11.3 Å². The Bertz CT molecular complexity index is 963. The van der Waals surface area contributed by atoms with E-state index in [0.29, 0.717) is 29.2 Å². The van der Waals surface area contributed by atoms with Crippen molar-refractivity contribution in [2.75, 3.05) is 13.7 Å². The Balaban J connectivity index is 1.88. The van der Waals surface area contributed by atoms with Crippen molar-refractivity contribution in [3.05, 3.63) is 61.8 Å². The highest BCUT2D eigenvalue weighted by molar-refractivity contribution is 14.1. The average Bonchev–Trinajstić information content (AvgIpc) is 2.91. The van der Waals surface area contributed by atoms with Crippen molar-refractivity contribution in [3.8, 4) is 11.5 Å². The molecule has 0 aliphatic carbocycles. The molecule has 2 aromatic rings. The maximum absolute atomic E-state index is 13.9. The first kappa shape index (κ1) is 20.7. The highest BCUT2D eigenvalue weighted by Crippen LogP contribution is 2.37. The van der Waals surface area contributed by atoms with Gasteiger partial charge in [-0.2, -0.15) is 0 Å². The summed E-state index contributed by atoms with van der Waals surface area (Å²) >= 11 is 2.96. The molecule has 1 heterocycles. The van der Waals surface area contributed by atoms with E-state index in [4.69, 9.17) is 9.47 Å². The first-order valence-electron chi connectivity index (χ1n) is 8.43. The smallest absolute Gasteiger partial charge is 0.293 e. The molecule has 1 aliphatic rings. The minimum atomic E-state index is -0.448. The van der Waals surface area contributed by atoms with Gasteiger partial charge in [-0.15, -0.1) is 0 Å². The zero-order valence-electron chi connectivity index (χ0n) is 15.2. The molecule has 3 rings (SSSR count). The SMILES string of the molecule is CCOc1cc(/C=C2/SC(=O)N(Cc3ccccc3F)C2=O)cc(I)c1OC. The Morgan fingerprint density at radius 2 is 2.00 bits per heavy atom. The van der Waals surface area contributed by atoms with E-state index in [1.165, 1.54) is 6.07 Å².